The molecule has 0 bridgehead atoms. The van der Waals surface area contributed by atoms with Gasteiger partial charge in [-0.05, 0) is 76.9 Å². The third-order valence-electron chi connectivity index (χ3n) is 6.99. The Kier molecular flexibility index (Phi) is 6.34. The molecule has 11 heteroatoms. The van der Waals surface area contributed by atoms with Crippen LogP contribution in [0.1, 0.15) is 58.8 Å². The van der Waals surface area contributed by atoms with Gasteiger partial charge < -0.3 is 26.4 Å². The highest BCUT2D eigenvalue weighted by Gasteiger charge is 2.36. The Hall–Kier alpha value is -2.50. The van der Waals surface area contributed by atoms with Gasteiger partial charge in [0.1, 0.15) is 17.2 Å². The number of amides is 1. The van der Waals surface area contributed by atoms with Crippen LogP contribution in [-0.2, 0) is 4.79 Å². The number of anilines is 2. The van der Waals surface area contributed by atoms with Gasteiger partial charge in [-0.3, -0.25) is 10.2 Å². The normalized spacial score (nSPS) is 30.0. The lowest BCUT2D eigenvalue weighted by Crippen LogP contribution is -2.47. The lowest BCUT2D eigenvalue weighted by atomic mass is 9.84. The Bertz CT molecular complexity index is 1070. The summed E-state index contributed by atoms with van der Waals surface area (Å²) in [6.45, 7) is 5.71. The molecule has 2 aromatic rings. The van der Waals surface area contributed by atoms with Gasteiger partial charge in [-0.25, -0.2) is 4.98 Å². The Morgan fingerprint density at radius 2 is 1.91 bits per heavy atom. The van der Waals surface area contributed by atoms with E-state index in [0.29, 0.717) is 18.1 Å². The fourth-order valence-corrected chi connectivity index (χ4v) is 5.67. The molecule has 1 saturated heterocycles. The summed E-state index contributed by atoms with van der Waals surface area (Å²) in [6, 6.07) is 2.45. The average molecular weight is 487 g/mol. The van der Waals surface area contributed by atoms with Crippen molar-refractivity contribution < 1.29 is 9.90 Å². The summed E-state index contributed by atoms with van der Waals surface area (Å²) in [5.41, 5.74) is 3.20. The van der Waals surface area contributed by atoms with Gasteiger partial charge in [-0.2, -0.15) is 10.1 Å². The molecule has 1 saturated carbocycles. The summed E-state index contributed by atoms with van der Waals surface area (Å²) in [5.74, 6) is 1.18. The van der Waals surface area contributed by atoms with Gasteiger partial charge in [0.2, 0.25) is 5.95 Å². The van der Waals surface area contributed by atoms with Gasteiger partial charge >= 0.3 is 0 Å². The number of hydrogen-bond donors (Lipinski definition) is 6. The summed E-state index contributed by atoms with van der Waals surface area (Å²) < 4.78 is 1.02. The van der Waals surface area contributed by atoms with E-state index in [0.717, 1.165) is 67.6 Å². The average Bonchev–Trinajstić information content (AvgIpc) is 3.43. The molecule has 6 N–H and O–H groups in total. The third kappa shape index (κ3) is 5.26. The molecule has 0 radical (unpaired) electrons. The molecule has 0 spiro atoms. The highest BCUT2D eigenvalue weighted by Crippen LogP contribution is 2.33. The number of rotatable bonds is 6. The van der Waals surface area contributed by atoms with Gasteiger partial charge in [0.15, 0.2) is 0 Å². The zero-order valence-electron chi connectivity index (χ0n) is 19.8. The maximum absolute atomic E-state index is 12.7. The number of thiophene rings is 1. The molecular formula is C23H34N8O2S. The maximum atomic E-state index is 12.7. The van der Waals surface area contributed by atoms with E-state index in [1.165, 1.54) is 0 Å². The number of aliphatic hydroxyl groups is 1. The van der Waals surface area contributed by atoms with E-state index in [2.05, 4.69) is 31.8 Å². The third-order valence-corrected chi connectivity index (χ3v) is 7.90. The second kappa shape index (κ2) is 9.27. The first kappa shape index (κ1) is 23.3. The smallest absolute Gasteiger partial charge is 0.267 e. The molecule has 2 aromatic heterocycles. The van der Waals surface area contributed by atoms with Crippen LogP contribution >= 0.6 is 11.3 Å². The molecule has 4 heterocycles. The Balaban J connectivity index is 1.25. The van der Waals surface area contributed by atoms with Crippen LogP contribution in [0.25, 0.3) is 10.2 Å². The quantitative estimate of drug-likeness (QED) is 0.366. The van der Waals surface area contributed by atoms with Crippen molar-refractivity contribution in [1.29, 1.82) is 0 Å². The number of hydrogen-bond acceptors (Lipinski definition) is 10. The fourth-order valence-electron chi connectivity index (χ4n) is 4.88. The first-order valence-electron chi connectivity index (χ1n) is 12.2. The number of carbonyl (C=O) groups excluding carboxylic acids is 1. The highest BCUT2D eigenvalue weighted by atomic mass is 32.1. The van der Waals surface area contributed by atoms with Crippen LogP contribution in [0, 0.1) is 0 Å². The van der Waals surface area contributed by atoms with E-state index in [1.54, 1.807) is 11.3 Å². The van der Waals surface area contributed by atoms with Crippen LogP contribution in [0.5, 0.6) is 0 Å². The number of fused-ring (bicyclic) bond motifs is 1. The monoisotopic (exact) mass is 486 g/mol. The van der Waals surface area contributed by atoms with Crippen molar-refractivity contribution in [3.05, 3.63) is 11.4 Å². The number of piperidine rings is 1. The lowest BCUT2D eigenvalue weighted by Gasteiger charge is -2.33. The van der Waals surface area contributed by atoms with Crippen molar-refractivity contribution >= 4 is 44.9 Å². The highest BCUT2D eigenvalue weighted by molar-refractivity contribution is 7.17. The summed E-state index contributed by atoms with van der Waals surface area (Å²) in [6.07, 6.45) is 5.64. The van der Waals surface area contributed by atoms with Crippen LogP contribution < -0.4 is 26.7 Å². The minimum atomic E-state index is -0.661. The fraction of sp³-hybridized carbons (Fsp3) is 0.652. The first-order valence-corrected chi connectivity index (χ1v) is 13.0. The Labute approximate surface area is 203 Å². The van der Waals surface area contributed by atoms with Gasteiger partial charge in [0, 0.05) is 18.5 Å². The molecule has 1 atom stereocenters. The van der Waals surface area contributed by atoms with Crippen LogP contribution in [0.4, 0.5) is 11.8 Å². The van der Waals surface area contributed by atoms with E-state index in [1.807, 2.05) is 25.3 Å². The van der Waals surface area contributed by atoms with E-state index in [4.69, 9.17) is 9.97 Å². The number of aromatic nitrogens is 2. The summed E-state index contributed by atoms with van der Waals surface area (Å²) in [4.78, 5) is 22.2. The number of hydrazone groups is 1. The number of nitrogens with one attached hydrogen (secondary N) is 5. The van der Waals surface area contributed by atoms with Gasteiger partial charge in [-0.15, -0.1) is 11.3 Å². The van der Waals surface area contributed by atoms with E-state index in [9.17, 15) is 9.90 Å². The standard InChI is InChI=1S/C23H34N8O2S/c1-22(33)8-3-14(4-9-22)25-19-18-16(7-12-34-18)27-21(28-19)29-23(2)13-17(30-31-23)20(32)26-15-5-10-24-11-6-15/h7,12,14-15,24,31,33H,3-6,8-11,13H2,1-2H3,(H,26,32)(H2,25,27,28,29). The second-order valence-corrected chi connectivity index (χ2v) is 11.2. The molecule has 3 aliphatic rings. The number of nitrogens with zero attached hydrogens (tertiary/aromatic N) is 3. The van der Waals surface area contributed by atoms with E-state index in [-0.39, 0.29) is 18.0 Å². The summed E-state index contributed by atoms with van der Waals surface area (Å²) >= 11 is 1.61. The maximum Gasteiger partial charge on any atom is 0.267 e. The lowest BCUT2D eigenvalue weighted by molar-refractivity contribution is -0.115. The largest absolute Gasteiger partial charge is 0.390 e. The van der Waals surface area contributed by atoms with Crippen LogP contribution in [0.3, 0.4) is 0 Å². The van der Waals surface area contributed by atoms with Crippen LogP contribution in [0.15, 0.2) is 16.5 Å². The van der Waals surface area contributed by atoms with Gasteiger partial charge in [0.25, 0.3) is 5.91 Å². The molecule has 1 amide bonds. The topological polar surface area (TPSA) is 136 Å². The molecule has 184 valence electrons. The molecule has 1 unspecified atom stereocenters. The van der Waals surface area contributed by atoms with Crippen molar-refractivity contribution in [3.8, 4) is 0 Å². The van der Waals surface area contributed by atoms with Gasteiger partial charge in [-0.1, -0.05) is 0 Å². The molecule has 5 rings (SSSR count). The Morgan fingerprint density at radius 1 is 1.15 bits per heavy atom. The SMILES string of the molecule is CC1(O)CCC(Nc2nc(NC3(C)CC(C(=O)NC4CCNCC4)=NN3)nc3ccsc23)CC1. The van der Waals surface area contributed by atoms with Crippen molar-refractivity contribution in [2.75, 3.05) is 23.7 Å². The molecular weight excluding hydrogens is 452 g/mol. The van der Waals surface area contributed by atoms with E-state index < -0.39 is 11.3 Å². The Morgan fingerprint density at radius 3 is 2.68 bits per heavy atom. The van der Waals surface area contributed by atoms with Gasteiger partial charge in [0.05, 0.1) is 15.8 Å². The molecule has 2 fully saturated rings. The predicted molar refractivity (Wildman–Crippen MR) is 135 cm³/mol. The minimum absolute atomic E-state index is 0.116. The van der Waals surface area contributed by atoms with Crippen LogP contribution in [0.2, 0.25) is 0 Å². The zero-order chi connectivity index (χ0) is 23.8. The molecule has 0 aromatic carbocycles. The van der Waals surface area contributed by atoms with Crippen molar-refractivity contribution in [1.82, 2.24) is 26.0 Å². The number of carbonyl (C=O) groups is 1. The van der Waals surface area contributed by atoms with Crippen molar-refractivity contribution in [2.24, 2.45) is 5.10 Å². The van der Waals surface area contributed by atoms with Crippen LogP contribution in [-0.4, -0.2) is 63.1 Å². The predicted octanol–water partition coefficient (Wildman–Crippen LogP) is 2.14. The summed E-state index contributed by atoms with van der Waals surface area (Å²) in [5, 5.41) is 30.0. The second-order valence-electron chi connectivity index (χ2n) is 10.2. The van der Waals surface area contributed by atoms with Crippen molar-refractivity contribution in [2.45, 2.75) is 82.1 Å². The van der Waals surface area contributed by atoms with Crippen molar-refractivity contribution in [3.63, 3.8) is 0 Å². The molecule has 34 heavy (non-hydrogen) atoms. The van der Waals surface area contributed by atoms with E-state index >= 15 is 0 Å². The summed E-state index contributed by atoms with van der Waals surface area (Å²) in [7, 11) is 0. The molecule has 2 aliphatic heterocycles. The minimum Gasteiger partial charge on any atom is -0.390 e. The zero-order valence-corrected chi connectivity index (χ0v) is 20.6. The molecule has 1 aliphatic carbocycles. The molecule has 10 nitrogen and oxygen atoms in total. The first-order chi connectivity index (χ1) is 16.3.